The lowest BCUT2D eigenvalue weighted by molar-refractivity contribution is 0.655. The second-order valence-electron chi connectivity index (χ2n) is 3.85. The highest BCUT2D eigenvalue weighted by atomic mass is 32.1. The summed E-state index contributed by atoms with van der Waals surface area (Å²) in [4.78, 5) is 2.92. The molecule has 2 aromatic rings. The minimum Gasteiger partial charge on any atom is -0.312 e. The Morgan fingerprint density at radius 1 is 1.13 bits per heavy atom. The van der Waals surface area contributed by atoms with Gasteiger partial charge in [0.1, 0.15) is 0 Å². The van der Waals surface area contributed by atoms with E-state index in [1.807, 2.05) is 11.3 Å². The van der Waals surface area contributed by atoms with Crippen LogP contribution in [0.5, 0.6) is 0 Å². The molecule has 1 aromatic heterocycles. The van der Waals surface area contributed by atoms with E-state index < -0.39 is 0 Å². The van der Waals surface area contributed by atoms with E-state index >= 15 is 0 Å². The van der Waals surface area contributed by atoms with Crippen molar-refractivity contribution in [2.75, 3.05) is 6.54 Å². The van der Waals surface area contributed by atoms with Gasteiger partial charge in [0.15, 0.2) is 0 Å². The number of hydrogen-bond acceptors (Lipinski definition) is 2. The highest BCUT2D eigenvalue weighted by Crippen LogP contribution is 2.32. The van der Waals surface area contributed by atoms with Gasteiger partial charge in [0, 0.05) is 16.3 Å². The quantitative estimate of drug-likeness (QED) is 0.771. The first-order chi connectivity index (χ1) is 7.43. The molecule has 1 nitrogen and oxygen atoms in total. The van der Waals surface area contributed by atoms with Gasteiger partial charge in [-0.05, 0) is 30.2 Å². The Hall–Kier alpha value is -1.12. The summed E-state index contributed by atoms with van der Waals surface area (Å²) in [5, 5.41) is 3.42. The van der Waals surface area contributed by atoms with Crippen molar-refractivity contribution in [1.82, 2.24) is 5.32 Å². The second-order valence-corrected chi connectivity index (χ2v) is 4.99. The van der Waals surface area contributed by atoms with Crippen LogP contribution in [0.1, 0.15) is 10.4 Å². The zero-order valence-corrected chi connectivity index (χ0v) is 9.31. The van der Waals surface area contributed by atoms with E-state index in [4.69, 9.17) is 0 Å². The van der Waals surface area contributed by atoms with E-state index in [1.54, 1.807) is 0 Å². The maximum absolute atomic E-state index is 3.42. The average Bonchev–Trinajstić information content (AvgIpc) is 2.74. The fourth-order valence-electron chi connectivity index (χ4n) is 2.00. The van der Waals surface area contributed by atoms with Crippen LogP contribution in [0.3, 0.4) is 0 Å². The molecule has 0 spiro atoms. The number of nitrogens with one attached hydrogen (secondary N) is 1. The topological polar surface area (TPSA) is 12.0 Å². The zero-order valence-electron chi connectivity index (χ0n) is 8.49. The van der Waals surface area contributed by atoms with Crippen molar-refractivity contribution >= 4 is 11.3 Å². The van der Waals surface area contributed by atoms with Crippen LogP contribution in [-0.4, -0.2) is 6.54 Å². The van der Waals surface area contributed by atoms with Crippen molar-refractivity contribution in [1.29, 1.82) is 0 Å². The largest absolute Gasteiger partial charge is 0.312 e. The van der Waals surface area contributed by atoms with Crippen molar-refractivity contribution < 1.29 is 0 Å². The van der Waals surface area contributed by atoms with Crippen molar-refractivity contribution in [3.05, 3.63) is 46.8 Å². The molecular formula is C13H13NS. The predicted molar refractivity (Wildman–Crippen MR) is 65.2 cm³/mol. The van der Waals surface area contributed by atoms with Crippen LogP contribution in [0.25, 0.3) is 10.4 Å². The van der Waals surface area contributed by atoms with Gasteiger partial charge in [0.25, 0.3) is 0 Å². The maximum Gasteiger partial charge on any atom is 0.0349 e. The fourth-order valence-corrected chi connectivity index (χ4v) is 3.18. The van der Waals surface area contributed by atoms with Gasteiger partial charge in [0.2, 0.25) is 0 Å². The Balaban J connectivity index is 2.03. The molecule has 0 bridgehead atoms. The zero-order chi connectivity index (χ0) is 10.1. The van der Waals surface area contributed by atoms with Gasteiger partial charge in [0.05, 0.1) is 0 Å². The molecule has 76 valence electrons. The van der Waals surface area contributed by atoms with E-state index in [1.165, 1.54) is 27.3 Å². The van der Waals surface area contributed by atoms with E-state index in [0.717, 1.165) is 13.1 Å². The highest BCUT2D eigenvalue weighted by Gasteiger charge is 2.13. The normalized spacial score (nSPS) is 14.9. The molecule has 0 radical (unpaired) electrons. The summed E-state index contributed by atoms with van der Waals surface area (Å²) in [5.74, 6) is 0. The highest BCUT2D eigenvalue weighted by molar-refractivity contribution is 7.15. The van der Waals surface area contributed by atoms with Gasteiger partial charge in [-0.15, -0.1) is 11.3 Å². The monoisotopic (exact) mass is 215 g/mol. The lowest BCUT2D eigenvalue weighted by Crippen LogP contribution is -2.21. The van der Waals surface area contributed by atoms with Crippen molar-refractivity contribution in [3.63, 3.8) is 0 Å². The minimum atomic E-state index is 1.05. The average molecular weight is 215 g/mol. The first kappa shape index (κ1) is 9.13. The summed E-state index contributed by atoms with van der Waals surface area (Å²) < 4.78 is 0. The molecule has 3 rings (SSSR count). The van der Waals surface area contributed by atoms with Crippen LogP contribution < -0.4 is 5.32 Å². The van der Waals surface area contributed by atoms with Crippen LogP contribution in [0, 0.1) is 0 Å². The number of benzene rings is 1. The summed E-state index contributed by atoms with van der Waals surface area (Å²) in [5.41, 5.74) is 2.88. The molecule has 0 atom stereocenters. The third-order valence-corrected chi connectivity index (χ3v) is 4.04. The maximum atomic E-state index is 3.42. The molecule has 0 fully saturated rings. The number of rotatable bonds is 1. The molecule has 15 heavy (non-hydrogen) atoms. The van der Waals surface area contributed by atoms with Gasteiger partial charge in [-0.2, -0.15) is 0 Å². The van der Waals surface area contributed by atoms with Gasteiger partial charge >= 0.3 is 0 Å². The number of hydrogen-bond donors (Lipinski definition) is 1. The number of thiophene rings is 1. The van der Waals surface area contributed by atoms with Gasteiger partial charge in [-0.3, -0.25) is 0 Å². The Morgan fingerprint density at radius 2 is 2.00 bits per heavy atom. The van der Waals surface area contributed by atoms with E-state index in [2.05, 4.69) is 41.7 Å². The molecule has 2 heteroatoms. The van der Waals surface area contributed by atoms with Crippen LogP contribution in [0.4, 0.5) is 0 Å². The first-order valence-electron chi connectivity index (χ1n) is 5.31. The summed E-state index contributed by atoms with van der Waals surface area (Å²) in [6, 6.07) is 13.0. The Kier molecular flexibility index (Phi) is 2.31. The number of fused-ring (bicyclic) bond motifs is 1. The molecule has 0 unspecified atom stereocenters. The molecule has 0 amide bonds. The van der Waals surface area contributed by atoms with Gasteiger partial charge < -0.3 is 5.32 Å². The molecule has 0 saturated heterocycles. The van der Waals surface area contributed by atoms with Crippen molar-refractivity contribution in [2.24, 2.45) is 0 Å². The summed E-state index contributed by atoms with van der Waals surface area (Å²) in [7, 11) is 0. The van der Waals surface area contributed by atoms with E-state index in [-0.39, 0.29) is 0 Å². The standard InChI is InChI=1S/C13H13NS/c1-2-4-10(5-3-1)12-8-11-6-7-14-9-13(11)15-12/h1-5,8,14H,6-7,9H2. The molecule has 2 heterocycles. The van der Waals surface area contributed by atoms with Crippen LogP contribution in [0.15, 0.2) is 36.4 Å². The summed E-state index contributed by atoms with van der Waals surface area (Å²) in [6.45, 7) is 2.17. The lowest BCUT2D eigenvalue weighted by Gasteiger charge is -2.10. The molecule has 1 aromatic carbocycles. The molecule has 1 aliphatic heterocycles. The Morgan fingerprint density at radius 3 is 2.80 bits per heavy atom. The lowest BCUT2D eigenvalue weighted by atomic mass is 10.1. The Bertz CT molecular complexity index is 435. The van der Waals surface area contributed by atoms with Crippen LogP contribution >= 0.6 is 11.3 Å². The smallest absolute Gasteiger partial charge is 0.0349 e. The van der Waals surface area contributed by atoms with Crippen molar-refractivity contribution in [3.8, 4) is 10.4 Å². The molecule has 1 aliphatic rings. The van der Waals surface area contributed by atoms with Crippen LogP contribution in [0.2, 0.25) is 0 Å². The van der Waals surface area contributed by atoms with Crippen LogP contribution in [-0.2, 0) is 13.0 Å². The van der Waals surface area contributed by atoms with E-state index in [9.17, 15) is 0 Å². The fraction of sp³-hybridized carbons (Fsp3) is 0.231. The molecule has 0 aliphatic carbocycles. The summed E-state index contributed by atoms with van der Waals surface area (Å²) in [6.07, 6.45) is 1.18. The minimum absolute atomic E-state index is 1.05. The molecule has 0 saturated carbocycles. The van der Waals surface area contributed by atoms with Crippen molar-refractivity contribution in [2.45, 2.75) is 13.0 Å². The first-order valence-corrected chi connectivity index (χ1v) is 6.13. The van der Waals surface area contributed by atoms with Gasteiger partial charge in [-0.25, -0.2) is 0 Å². The Labute approximate surface area is 93.8 Å². The summed E-state index contributed by atoms with van der Waals surface area (Å²) >= 11 is 1.93. The third-order valence-electron chi connectivity index (χ3n) is 2.81. The molecular weight excluding hydrogens is 202 g/mol. The van der Waals surface area contributed by atoms with E-state index in [0.29, 0.717) is 0 Å². The second kappa shape index (κ2) is 3.80. The molecule has 1 N–H and O–H groups in total. The third kappa shape index (κ3) is 1.71. The predicted octanol–water partition coefficient (Wildman–Crippen LogP) is 3.06. The SMILES string of the molecule is c1ccc(-c2cc3c(s2)CNCC3)cc1. The van der Waals surface area contributed by atoms with Gasteiger partial charge in [-0.1, -0.05) is 30.3 Å².